The summed E-state index contributed by atoms with van der Waals surface area (Å²) in [6.07, 6.45) is 5.06. The summed E-state index contributed by atoms with van der Waals surface area (Å²) in [5.74, 6) is 0.314. The van der Waals surface area contributed by atoms with Crippen LogP contribution in [0.5, 0.6) is 0 Å². The second kappa shape index (κ2) is 8.79. The summed E-state index contributed by atoms with van der Waals surface area (Å²) >= 11 is 0. The van der Waals surface area contributed by atoms with E-state index in [-0.39, 0.29) is 0 Å². The zero-order valence-electron chi connectivity index (χ0n) is 16.9. The van der Waals surface area contributed by atoms with Crippen LogP contribution in [0, 0.1) is 5.92 Å². The molecule has 0 amide bonds. The third kappa shape index (κ3) is 4.28. The van der Waals surface area contributed by atoms with Gasteiger partial charge < -0.3 is 4.74 Å². The standard InChI is InChI=1S/C21H33N3O3S/c1-27-17-18-6-4-10-24(16-18)28(25,26)23-11-5-9-22(12-13-23)21-14-19-7-2-3-8-20(19)15-21/h2-3,7-8,18,21H,4-6,9-17H2,1H3. The first-order valence-corrected chi connectivity index (χ1v) is 12.0. The molecule has 2 heterocycles. The summed E-state index contributed by atoms with van der Waals surface area (Å²) in [6, 6.07) is 9.22. The van der Waals surface area contributed by atoms with Gasteiger partial charge in [0.2, 0.25) is 0 Å². The molecule has 2 fully saturated rings. The summed E-state index contributed by atoms with van der Waals surface area (Å²) in [5, 5.41) is 0. The predicted octanol–water partition coefficient (Wildman–Crippen LogP) is 1.76. The average Bonchev–Trinajstić information content (AvgIpc) is 2.97. The lowest BCUT2D eigenvalue weighted by Crippen LogP contribution is -2.49. The molecule has 156 valence electrons. The fraction of sp³-hybridized carbons (Fsp3) is 0.714. The monoisotopic (exact) mass is 407 g/mol. The van der Waals surface area contributed by atoms with Crippen molar-refractivity contribution in [3.8, 4) is 0 Å². The molecule has 28 heavy (non-hydrogen) atoms. The van der Waals surface area contributed by atoms with Gasteiger partial charge in [0.05, 0.1) is 6.61 Å². The third-order valence-electron chi connectivity index (χ3n) is 6.57. The minimum absolute atomic E-state index is 0.314. The molecule has 0 bridgehead atoms. The summed E-state index contributed by atoms with van der Waals surface area (Å²) in [6.45, 7) is 4.91. The molecule has 0 aromatic heterocycles. The van der Waals surface area contributed by atoms with Crippen molar-refractivity contribution >= 4 is 10.2 Å². The van der Waals surface area contributed by atoms with Crippen LogP contribution in [0.4, 0.5) is 0 Å². The first-order chi connectivity index (χ1) is 13.6. The molecule has 2 saturated heterocycles. The van der Waals surface area contributed by atoms with Gasteiger partial charge in [0, 0.05) is 45.9 Å². The highest BCUT2D eigenvalue weighted by atomic mass is 32.2. The van der Waals surface area contributed by atoms with E-state index in [1.165, 1.54) is 11.1 Å². The van der Waals surface area contributed by atoms with Crippen molar-refractivity contribution in [2.45, 2.75) is 38.1 Å². The molecule has 6 nitrogen and oxygen atoms in total. The minimum Gasteiger partial charge on any atom is -0.384 e. The number of fused-ring (bicyclic) bond motifs is 1. The quantitative estimate of drug-likeness (QED) is 0.747. The Labute approximate surface area is 169 Å². The number of methoxy groups -OCH3 is 1. The van der Waals surface area contributed by atoms with E-state index in [2.05, 4.69) is 29.2 Å². The average molecular weight is 408 g/mol. The van der Waals surface area contributed by atoms with Crippen LogP contribution in [0.25, 0.3) is 0 Å². The molecular weight excluding hydrogens is 374 g/mol. The van der Waals surface area contributed by atoms with Gasteiger partial charge >= 0.3 is 0 Å². The highest BCUT2D eigenvalue weighted by molar-refractivity contribution is 7.86. The van der Waals surface area contributed by atoms with E-state index in [1.807, 2.05) is 0 Å². The summed E-state index contributed by atoms with van der Waals surface area (Å²) in [5.41, 5.74) is 2.91. The van der Waals surface area contributed by atoms with Crippen LogP contribution in [0.2, 0.25) is 0 Å². The molecule has 1 atom stereocenters. The van der Waals surface area contributed by atoms with E-state index >= 15 is 0 Å². The maximum absolute atomic E-state index is 13.2. The van der Waals surface area contributed by atoms with E-state index < -0.39 is 10.2 Å². The highest BCUT2D eigenvalue weighted by Crippen LogP contribution is 2.27. The van der Waals surface area contributed by atoms with Crippen molar-refractivity contribution in [2.75, 3.05) is 53.0 Å². The number of ether oxygens (including phenoxy) is 1. The second-order valence-corrected chi connectivity index (χ2v) is 10.4. The molecule has 3 aliphatic rings. The van der Waals surface area contributed by atoms with E-state index in [1.54, 1.807) is 15.7 Å². The lowest BCUT2D eigenvalue weighted by atomic mass is 10.0. The number of nitrogens with zero attached hydrogens (tertiary/aromatic N) is 3. The van der Waals surface area contributed by atoms with Crippen LogP contribution in [0.1, 0.15) is 30.4 Å². The smallest absolute Gasteiger partial charge is 0.282 e. The summed E-state index contributed by atoms with van der Waals surface area (Å²) in [7, 11) is -1.68. The van der Waals surface area contributed by atoms with Gasteiger partial charge in [-0.05, 0) is 55.7 Å². The summed E-state index contributed by atoms with van der Waals surface area (Å²) < 4.78 is 35.2. The molecular formula is C21H33N3O3S. The topological polar surface area (TPSA) is 53.1 Å². The van der Waals surface area contributed by atoms with Gasteiger partial charge in [0.1, 0.15) is 0 Å². The Morgan fingerprint density at radius 1 is 0.964 bits per heavy atom. The van der Waals surface area contributed by atoms with Crippen LogP contribution in [0.15, 0.2) is 24.3 Å². The van der Waals surface area contributed by atoms with Crippen LogP contribution < -0.4 is 0 Å². The van der Waals surface area contributed by atoms with Gasteiger partial charge in [-0.3, -0.25) is 4.90 Å². The Morgan fingerprint density at radius 2 is 1.68 bits per heavy atom. The van der Waals surface area contributed by atoms with E-state index in [0.29, 0.717) is 44.7 Å². The van der Waals surface area contributed by atoms with Crippen molar-refractivity contribution in [3.63, 3.8) is 0 Å². The van der Waals surface area contributed by atoms with Gasteiger partial charge in [-0.1, -0.05) is 24.3 Å². The molecule has 0 N–H and O–H groups in total. The van der Waals surface area contributed by atoms with E-state index in [0.717, 1.165) is 45.2 Å². The zero-order chi connectivity index (χ0) is 19.6. The molecule has 0 radical (unpaired) electrons. The number of hydrogen-bond acceptors (Lipinski definition) is 4. The first kappa shape index (κ1) is 20.3. The van der Waals surface area contributed by atoms with Crippen LogP contribution in [-0.4, -0.2) is 81.0 Å². The van der Waals surface area contributed by atoms with Crippen molar-refractivity contribution in [3.05, 3.63) is 35.4 Å². The molecule has 0 saturated carbocycles. The van der Waals surface area contributed by atoms with Gasteiger partial charge in [0.25, 0.3) is 10.2 Å². The lowest BCUT2D eigenvalue weighted by Gasteiger charge is -2.35. The van der Waals surface area contributed by atoms with Crippen molar-refractivity contribution < 1.29 is 13.2 Å². The second-order valence-electron chi connectivity index (χ2n) is 8.45. The van der Waals surface area contributed by atoms with Crippen molar-refractivity contribution in [1.29, 1.82) is 0 Å². The fourth-order valence-corrected chi connectivity index (χ4v) is 6.83. The third-order valence-corrected chi connectivity index (χ3v) is 8.57. The van der Waals surface area contributed by atoms with E-state index in [4.69, 9.17) is 4.74 Å². The van der Waals surface area contributed by atoms with Crippen LogP contribution >= 0.6 is 0 Å². The maximum Gasteiger partial charge on any atom is 0.282 e. The van der Waals surface area contributed by atoms with Gasteiger partial charge in [-0.15, -0.1) is 0 Å². The van der Waals surface area contributed by atoms with Gasteiger partial charge in [-0.25, -0.2) is 0 Å². The zero-order valence-corrected chi connectivity index (χ0v) is 17.7. The molecule has 0 spiro atoms. The molecule has 1 aliphatic carbocycles. The van der Waals surface area contributed by atoms with Gasteiger partial charge in [-0.2, -0.15) is 17.0 Å². The van der Waals surface area contributed by atoms with Gasteiger partial charge in [0.15, 0.2) is 0 Å². The van der Waals surface area contributed by atoms with Crippen molar-refractivity contribution in [2.24, 2.45) is 5.92 Å². The molecule has 1 aromatic carbocycles. The SMILES string of the molecule is COCC1CCCN(S(=O)(=O)N2CCCN(C3Cc4ccccc4C3)CC2)C1. The Hall–Kier alpha value is -0.990. The fourth-order valence-electron chi connectivity index (χ4n) is 5.07. The molecule has 2 aliphatic heterocycles. The lowest BCUT2D eigenvalue weighted by molar-refractivity contribution is 0.116. The summed E-state index contributed by atoms with van der Waals surface area (Å²) in [4.78, 5) is 2.51. The number of hydrogen-bond donors (Lipinski definition) is 0. The molecule has 1 aromatic rings. The van der Waals surface area contributed by atoms with Crippen LogP contribution in [0.3, 0.4) is 0 Å². The Morgan fingerprint density at radius 3 is 2.39 bits per heavy atom. The van der Waals surface area contributed by atoms with E-state index in [9.17, 15) is 8.42 Å². The number of rotatable bonds is 5. The van der Waals surface area contributed by atoms with Crippen LogP contribution in [-0.2, 0) is 27.8 Å². The van der Waals surface area contributed by atoms with Crippen molar-refractivity contribution in [1.82, 2.24) is 13.5 Å². The maximum atomic E-state index is 13.2. The molecule has 7 heteroatoms. The number of benzene rings is 1. The largest absolute Gasteiger partial charge is 0.384 e. The predicted molar refractivity (Wildman–Crippen MR) is 110 cm³/mol. The molecule has 1 unspecified atom stereocenters. The normalized spacial score (nSPS) is 26.2. The Kier molecular flexibility index (Phi) is 6.37. The minimum atomic E-state index is -3.38. The first-order valence-electron chi connectivity index (χ1n) is 10.6. The Balaban J connectivity index is 1.37. The molecule has 4 rings (SSSR count). The highest BCUT2D eigenvalue weighted by Gasteiger charge is 2.36. The number of piperidine rings is 1. The Bertz CT molecular complexity index is 743.